The van der Waals surface area contributed by atoms with Crippen molar-refractivity contribution in [1.29, 1.82) is 0 Å². The van der Waals surface area contributed by atoms with Gasteiger partial charge in [-0.3, -0.25) is 9.78 Å². The Hall–Kier alpha value is -4.63. The van der Waals surface area contributed by atoms with Gasteiger partial charge in [0.15, 0.2) is 5.69 Å². The van der Waals surface area contributed by atoms with E-state index < -0.39 is 62.3 Å². The number of nitrogens with zero attached hydrogens (tertiary/aromatic N) is 3. The second kappa shape index (κ2) is 15.4. The van der Waals surface area contributed by atoms with Crippen molar-refractivity contribution in [2.75, 3.05) is 5.32 Å². The van der Waals surface area contributed by atoms with Crippen LogP contribution < -0.4 is 15.4 Å². The lowest BCUT2D eigenvalue weighted by Crippen LogP contribution is -2.49. The monoisotopic (exact) mass is 756 g/mol. The van der Waals surface area contributed by atoms with Gasteiger partial charge >= 0.3 is 12.3 Å². The number of nitrogens with one attached hydrogen (secondary N) is 3. The first-order chi connectivity index (χ1) is 24.7. The van der Waals surface area contributed by atoms with Crippen LogP contribution >= 0.6 is 0 Å². The lowest BCUT2D eigenvalue weighted by Gasteiger charge is -2.38. The number of amides is 2. The summed E-state index contributed by atoms with van der Waals surface area (Å²) in [4.78, 5) is 30.2. The molecule has 1 fully saturated rings. The Balaban J connectivity index is 1.52. The van der Waals surface area contributed by atoms with Crippen molar-refractivity contribution in [3.05, 3.63) is 107 Å². The van der Waals surface area contributed by atoms with Gasteiger partial charge in [-0.25, -0.2) is 22.8 Å². The van der Waals surface area contributed by atoms with E-state index in [1.807, 2.05) is 20.8 Å². The number of ether oxygens (including phenoxy) is 1. The standard InChI is InChI=1S/C38H44F4N6O4S/c1-35(2,3)52-34(50)44-23-25-8-7-9-28(20-25)48-31(22-32(46-48)38(40,41)42)33(49)45-30-21-27(12-13-29(30)39)37(17-14-24-10-11-24,26-15-18-43-19-16-26)47-53(51)36(4,5)6/h7-9,12-13,15-16,18-22,24,47H,10-11,14,17,23H2,1-6H3,(H,44,50)(H,45,49)/t37?,53-/m1/s1. The third-order valence-electron chi connectivity index (χ3n) is 8.55. The molecule has 4 aromatic rings. The maximum atomic E-state index is 15.6. The summed E-state index contributed by atoms with van der Waals surface area (Å²) in [7, 11) is -1.60. The fourth-order valence-electron chi connectivity index (χ4n) is 5.64. The highest BCUT2D eigenvalue weighted by Crippen LogP contribution is 2.43. The molecule has 1 aliphatic rings. The molecule has 2 heterocycles. The largest absolute Gasteiger partial charge is 0.444 e. The molecule has 15 heteroatoms. The Morgan fingerprint density at radius 1 is 0.943 bits per heavy atom. The number of anilines is 1. The average molecular weight is 757 g/mol. The predicted molar refractivity (Wildman–Crippen MR) is 194 cm³/mol. The van der Waals surface area contributed by atoms with Crippen LogP contribution in [0, 0.1) is 11.7 Å². The third-order valence-corrected chi connectivity index (χ3v) is 10.2. The van der Waals surface area contributed by atoms with Gasteiger partial charge in [0.25, 0.3) is 5.91 Å². The smallest absolute Gasteiger partial charge is 0.435 e. The summed E-state index contributed by atoms with van der Waals surface area (Å²) >= 11 is 0. The summed E-state index contributed by atoms with van der Waals surface area (Å²) in [6.45, 7) is 10.6. The zero-order valence-electron chi connectivity index (χ0n) is 30.4. The molecular formula is C38H44F4N6O4S. The molecular weight excluding hydrogens is 713 g/mol. The maximum Gasteiger partial charge on any atom is 0.435 e. The van der Waals surface area contributed by atoms with Crippen LogP contribution in [0.5, 0.6) is 0 Å². The SMILES string of the molecule is CC(C)(C)OC(=O)NCc1cccc(-n2nc(C(F)(F)F)cc2C(=O)Nc2cc(C(CCC3CC3)(N[S@](=O)C(C)(C)C)c3ccncc3)ccc2F)c1. The lowest BCUT2D eigenvalue weighted by atomic mass is 9.79. The first-order valence-electron chi connectivity index (χ1n) is 17.2. The Bertz CT molecular complexity index is 1970. The van der Waals surface area contributed by atoms with E-state index in [0.717, 1.165) is 29.5 Å². The van der Waals surface area contributed by atoms with Crippen LogP contribution in [0.15, 0.2) is 73.1 Å². The van der Waals surface area contributed by atoms with Gasteiger partial charge in [0.05, 0.1) is 32.6 Å². The molecule has 284 valence electrons. The van der Waals surface area contributed by atoms with Crippen LogP contribution in [0.25, 0.3) is 5.69 Å². The van der Waals surface area contributed by atoms with Crippen molar-refractivity contribution >= 4 is 28.7 Å². The molecule has 0 radical (unpaired) electrons. The van der Waals surface area contributed by atoms with E-state index in [9.17, 15) is 27.0 Å². The van der Waals surface area contributed by atoms with Gasteiger partial charge < -0.3 is 15.4 Å². The third kappa shape index (κ3) is 10.1. The van der Waals surface area contributed by atoms with E-state index in [0.29, 0.717) is 29.5 Å². The fraction of sp³-hybridized carbons (Fsp3) is 0.421. The van der Waals surface area contributed by atoms with Crippen LogP contribution in [0.3, 0.4) is 0 Å². The van der Waals surface area contributed by atoms with E-state index in [1.54, 1.807) is 57.4 Å². The van der Waals surface area contributed by atoms with Crippen LogP contribution in [0.2, 0.25) is 0 Å². The number of carbonyl (C=O) groups excluding carboxylic acids is 2. The molecule has 0 bridgehead atoms. The Labute approximate surface area is 308 Å². The van der Waals surface area contributed by atoms with Crippen LogP contribution in [-0.4, -0.2) is 41.3 Å². The van der Waals surface area contributed by atoms with Gasteiger partial charge in [-0.2, -0.15) is 18.3 Å². The highest BCUT2D eigenvalue weighted by molar-refractivity contribution is 7.84. The molecule has 1 saturated carbocycles. The number of halogens is 4. The molecule has 2 aromatic heterocycles. The fourth-order valence-corrected chi connectivity index (χ4v) is 6.60. The first-order valence-corrected chi connectivity index (χ1v) is 18.4. The molecule has 2 aromatic carbocycles. The number of alkyl carbamates (subject to hydrolysis) is 1. The van der Waals surface area contributed by atoms with E-state index >= 15 is 4.39 Å². The summed E-state index contributed by atoms with van der Waals surface area (Å²) in [5.74, 6) is -1.40. The minimum Gasteiger partial charge on any atom is -0.444 e. The summed E-state index contributed by atoms with van der Waals surface area (Å²) in [5.41, 5.74) is -2.19. The second-order valence-corrected chi connectivity index (χ2v) is 17.1. The average Bonchev–Trinajstić information content (AvgIpc) is 3.79. The molecule has 3 N–H and O–H groups in total. The molecule has 2 amide bonds. The summed E-state index contributed by atoms with van der Waals surface area (Å²) in [6.07, 6.45) is 1.03. The molecule has 53 heavy (non-hydrogen) atoms. The summed E-state index contributed by atoms with van der Waals surface area (Å²) in [6, 6.07) is 14.4. The molecule has 2 atom stereocenters. The first kappa shape index (κ1) is 39.6. The molecule has 1 aliphatic carbocycles. The Morgan fingerprint density at radius 2 is 1.64 bits per heavy atom. The number of carbonyl (C=O) groups is 2. The molecule has 0 spiro atoms. The van der Waals surface area contributed by atoms with Gasteiger partial charge in [-0.15, -0.1) is 0 Å². The Morgan fingerprint density at radius 3 is 2.26 bits per heavy atom. The van der Waals surface area contributed by atoms with Gasteiger partial charge in [0.1, 0.15) is 17.1 Å². The quantitative estimate of drug-likeness (QED) is 0.125. The summed E-state index contributed by atoms with van der Waals surface area (Å²) in [5, 5.41) is 8.75. The normalized spacial score (nSPS) is 15.4. The maximum absolute atomic E-state index is 15.6. The van der Waals surface area contributed by atoms with Crippen molar-refractivity contribution < 1.29 is 36.1 Å². The van der Waals surface area contributed by atoms with Crippen LogP contribution in [0.4, 0.5) is 28.0 Å². The molecule has 1 unspecified atom stereocenters. The van der Waals surface area contributed by atoms with E-state index in [2.05, 4.69) is 25.4 Å². The van der Waals surface area contributed by atoms with E-state index in [-0.39, 0.29) is 17.9 Å². The van der Waals surface area contributed by atoms with Crippen LogP contribution in [-0.2, 0) is 34.0 Å². The zero-order chi connectivity index (χ0) is 38.8. The molecule has 5 rings (SSSR count). The minimum atomic E-state index is -4.90. The number of rotatable bonds is 12. The van der Waals surface area contributed by atoms with Gasteiger partial charge in [0, 0.05) is 25.0 Å². The van der Waals surface area contributed by atoms with Crippen molar-refractivity contribution in [2.24, 2.45) is 5.92 Å². The predicted octanol–water partition coefficient (Wildman–Crippen LogP) is 8.19. The minimum absolute atomic E-state index is 0.0241. The van der Waals surface area contributed by atoms with Crippen molar-refractivity contribution in [3.63, 3.8) is 0 Å². The summed E-state index contributed by atoms with van der Waals surface area (Å²) < 4.78 is 80.0. The van der Waals surface area contributed by atoms with Crippen molar-refractivity contribution in [1.82, 2.24) is 24.8 Å². The molecule has 10 nitrogen and oxygen atoms in total. The number of hydrogen-bond donors (Lipinski definition) is 3. The number of aromatic nitrogens is 3. The second-order valence-electron chi connectivity index (χ2n) is 15.1. The molecule has 0 saturated heterocycles. The van der Waals surface area contributed by atoms with Crippen molar-refractivity contribution in [2.45, 2.75) is 95.8 Å². The van der Waals surface area contributed by atoms with E-state index in [1.165, 1.54) is 30.3 Å². The van der Waals surface area contributed by atoms with Gasteiger partial charge in [-0.1, -0.05) is 31.0 Å². The zero-order valence-corrected chi connectivity index (χ0v) is 31.3. The van der Waals surface area contributed by atoms with E-state index in [4.69, 9.17) is 4.74 Å². The number of benzene rings is 2. The lowest BCUT2D eigenvalue weighted by molar-refractivity contribution is -0.141. The number of hydrogen-bond acceptors (Lipinski definition) is 6. The number of alkyl halides is 3. The number of pyridine rings is 1. The Kier molecular flexibility index (Phi) is 11.5. The van der Waals surface area contributed by atoms with Crippen molar-refractivity contribution in [3.8, 4) is 5.69 Å². The van der Waals surface area contributed by atoms with Gasteiger partial charge in [-0.05, 0) is 113 Å². The van der Waals surface area contributed by atoms with Crippen LogP contribution in [0.1, 0.15) is 100 Å². The topological polar surface area (TPSA) is 127 Å². The molecule has 0 aliphatic heterocycles. The highest BCUT2D eigenvalue weighted by atomic mass is 32.2. The highest BCUT2D eigenvalue weighted by Gasteiger charge is 2.41. The van der Waals surface area contributed by atoms with Gasteiger partial charge in [0.2, 0.25) is 0 Å².